The molecule has 0 amide bonds. The summed E-state index contributed by atoms with van der Waals surface area (Å²) in [6.45, 7) is -0.578. The van der Waals surface area contributed by atoms with Crippen molar-refractivity contribution in [3.8, 4) is 0 Å². The summed E-state index contributed by atoms with van der Waals surface area (Å²) in [5.41, 5.74) is 0. The van der Waals surface area contributed by atoms with E-state index < -0.39 is 66.6 Å². The Hall–Kier alpha value is 0.550. The maximum atomic E-state index is 10.1. The second-order valence-corrected chi connectivity index (χ2v) is 6.54. The molecule has 0 aromatic heterocycles. The van der Waals surface area contributed by atoms with E-state index in [9.17, 15) is 20.4 Å². The average molecular weight is 398 g/mol. The smallest absolute Gasteiger partial charge is 0.214 e. The van der Waals surface area contributed by atoms with Crippen LogP contribution in [0.2, 0.25) is 0 Å². The molecule has 0 saturated carbocycles. The van der Waals surface area contributed by atoms with Gasteiger partial charge in [0.25, 0.3) is 0 Å². The van der Waals surface area contributed by atoms with E-state index in [0.717, 1.165) is 0 Å². The van der Waals surface area contributed by atoms with Gasteiger partial charge in [-0.05, 0) is 0 Å². The van der Waals surface area contributed by atoms with Gasteiger partial charge in [0.05, 0.1) is 29.8 Å². The number of halogens is 3. The van der Waals surface area contributed by atoms with Crippen LogP contribution in [0.4, 0.5) is 0 Å². The van der Waals surface area contributed by atoms with Gasteiger partial charge >= 0.3 is 0 Å². The van der Waals surface area contributed by atoms with Crippen molar-refractivity contribution in [1.82, 2.24) is 0 Å². The summed E-state index contributed by atoms with van der Waals surface area (Å²) in [5, 5.41) is 48.1. The molecule has 0 aromatic carbocycles. The molecule has 5 N–H and O–H groups in total. The lowest BCUT2D eigenvalue weighted by atomic mass is 10.0. The second kappa shape index (κ2) is 7.84. The third kappa shape index (κ3) is 3.58. The van der Waals surface area contributed by atoms with Crippen molar-refractivity contribution in [3.05, 3.63) is 0 Å². The Balaban J connectivity index is 2.18. The van der Waals surface area contributed by atoms with Gasteiger partial charge in [0.1, 0.15) is 30.5 Å². The standard InChI is InChI=1S/C12H19Cl3O8/c13-1-4-6(15)8(18)9(19)11(21-4)23-12(3-14)10(20)7(17)5(2-16)22-12/h4-11,16-20H,1-3H2/t4-,5-,6-,7-,8+,9-,10+,11-,12+/m1/s1. The zero-order valence-corrected chi connectivity index (χ0v) is 14.1. The maximum Gasteiger partial charge on any atom is 0.214 e. The van der Waals surface area contributed by atoms with Gasteiger partial charge in [-0.25, -0.2) is 0 Å². The van der Waals surface area contributed by atoms with Crippen molar-refractivity contribution in [2.24, 2.45) is 0 Å². The van der Waals surface area contributed by atoms with Crippen LogP contribution in [0.25, 0.3) is 0 Å². The first kappa shape index (κ1) is 19.9. The average Bonchev–Trinajstić information content (AvgIpc) is 2.80. The van der Waals surface area contributed by atoms with E-state index in [-0.39, 0.29) is 5.88 Å². The largest absolute Gasteiger partial charge is 0.394 e. The highest BCUT2D eigenvalue weighted by atomic mass is 35.5. The summed E-state index contributed by atoms with van der Waals surface area (Å²) in [6.07, 6.45) is -9.42. The Morgan fingerprint density at radius 2 is 1.65 bits per heavy atom. The number of hydrogen-bond acceptors (Lipinski definition) is 8. The number of aliphatic hydroxyl groups is 5. The quantitative estimate of drug-likeness (QED) is 0.349. The number of rotatable bonds is 5. The van der Waals surface area contributed by atoms with Gasteiger partial charge < -0.3 is 39.7 Å². The molecule has 2 saturated heterocycles. The van der Waals surface area contributed by atoms with Crippen molar-refractivity contribution in [2.75, 3.05) is 18.4 Å². The third-order valence-corrected chi connectivity index (χ3v) is 5.17. The lowest BCUT2D eigenvalue weighted by Crippen LogP contribution is -2.60. The van der Waals surface area contributed by atoms with E-state index in [1.54, 1.807) is 0 Å². The Kier molecular flexibility index (Phi) is 6.77. The van der Waals surface area contributed by atoms with Crippen molar-refractivity contribution in [2.45, 2.75) is 54.1 Å². The number of hydrogen-bond donors (Lipinski definition) is 5. The molecule has 2 rings (SSSR count). The van der Waals surface area contributed by atoms with Gasteiger partial charge in [-0.15, -0.1) is 34.8 Å². The Morgan fingerprint density at radius 1 is 1.00 bits per heavy atom. The van der Waals surface area contributed by atoms with Gasteiger partial charge in [0.15, 0.2) is 6.29 Å². The minimum absolute atomic E-state index is 0.0724. The normalized spacial score (nSPS) is 51.1. The van der Waals surface area contributed by atoms with Crippen LogP contribution in [-0.4, -0.2) is 98.0 Å². The summed E-state index contributed by atoms with van der Waals surface area (Å²) in [7, 11) is 0. The van der Waals surface area contributed by atoms with Crippen LogP contribution in [0.5, 0.6) is 0 Å². The zero-order chi connectivity index (χ0) is 17.4. The van der Waals surface area contributed by atoms with Crippen LogP contribution in [0, 0.1) is 0 Å². The molecule has 2 fully saturated rings. The summed E-state index contributed by atoms with van der Waals surface area (Å²) >= 11 is 17.4. The van der Waals surface area contributed by atoms with Crippen LogP contribution < -0.4 is 0 Å². The minimum Gasteiger partial charge on any atom is -0.394 e. The molecule has 8 nitrogen and oxygen atoms in total. The van der Waals surface area contributed by atoms with Crippen molar-refractivity contribution in [1.29, 1.82) is 0 Å². The first-order valence-corrected chi connectivity index (χ1v) is 8.42. The van der Waals surface area contributed by atoms with E-state index in [1.165, 1.54) is 0 Å². The van der Waals surface area contributed by atoms with Crippen LogP contribution in [0.1, 0.15) is 0 Å². The Morgan fingerprint density at radius 3 is 2.13 bits per heavy atom. The van der Waals surface area contributed by atoms with E-state index in [4.69, 9.17) is 54.1 Å². The number of ether oxygens (including phenoxy) is 3. The molecule has 0 aromatic rings. The summed E-state index contributed by atoms with van der Waals surface area (Å²) in [5.74, 6) is -2.44. The van der Waals surface area contributed by atoms with Crippen LogP contribution in [0.15, 0.2) is 0 Å². The molecule has 0 bridgehead atoms. The van der Waals surface area contributed by atoms with Gasteiger partial charge in [0, 0.05) is 0 Å². The highest BCUT2D eigenvalue weighted by molar-refractivity contribution is 6.23. The van der Waals surface area contributed by atoms with Gasteiger partial charge in [-0.2, -0.15) is 0 Å². The molecule has 0 aliphatic carbocycles. The molecule has 23 heavy (non-hydrogen) atoms. The van der Waals surface area contributed by atoms with Gasteiger partial charge in [-0.1, -0.05) is 0 Å². The highest BCUT2D eigenvalue weighted by Gasteiger charge is 2.58. The molecular formula is C12H19Cl3O8. The lowest BCUT2D eigenvalue weighted by Gasteiger charge is -2.43. The first-order valence-electron chi connectivity index (χ1n) is 6.91. The van der Waals surface area contributed by atoms with E-state index in [2.05, 4.69) is 0 Å². The summed E-state index contributed by atoms with van der Waals surface area (Å²) in [4.78, 5) is 0. The third-order valence-electron chi connectivity index (χ3n) is 3.96. The maximum absolute atomic E-state index is 10.1. The van der Waals surface area contributed by atoms with Crippen LogP contribution >= 0.6 is 34.8 Å². The number of aliphatic hydroxyl groups excluding tert-OH is 5. The van der Waals surface area contributed by atoms with Crippen molar-refractivity contribution in [3.63, 3.8) is 0 Å². The first-order chi connectivity index (χ1) is 10.8. The zero-order valence-electron chi connectivity index (χ0n) is 11.8. The second-order valence-electron chi connectivity index (χ2n) is 5.46. The molecular weight excluding hydrogens is 378 g/mol. The van der Waals surface area contributed by atoms with E-state index in [1.807, 2.05) is 0 Å². The van der Waals surface area contributed by atoms with Crippen LogP contribution in [-0.2, 0) is 14.2 Å². The molecule has 9 atom stereocenters. The SMILES string of the molecule is OC[C@H]1O[C@@](CCl)(O[C@H]2O[C@H](CCl)[C@@H](Cl)[C@H](O)[C@H]2O)[C@@H](O)[C@@H]1O. The topological polar surface area (TPSA) is 129 Å². The minimum atomic E-state index is -1.93. The molecule has 2 aliphatic heterocycles. The fourth-order valence-electron chi connectivity index (χ4n) is 2.56. The monoisotopic (exact) mass is 396 g/mol. The van der Waals surface area contributed by atoms with Gasteiger partial charge in [-0.3, -0.25) is 0 Å². The molecule has 2 heterocycles. The Bertz CT molecular complexity index is 403. The van der Waals surface area contributed by atoms with Crippen LogP contribution in [0.3, 0.4) is 0 Å². The Labute approximate surface area is 147 Å². The molecule has 2 aliphatic rings. The highest BCUT2D eigenvalue weighted by Crippen LogP contribution is 2.37. The fraction of sp³-hybridized carbons (Fsp3) is 1.00. The van der Waals surface area contributed by atoms with E-state index >= 15 is 0 Å². The molecule has 136 valence electrons. The lowest BCUT2D eigenvalue weighted by molar-refractivity contribution is -0.355. The molecule has 0 spiro atoms. The van der Waals surface area contributed by atoms with Gasteiger partial charge in [0.2, 0.25) is 5.79 Å². The fourth-order valence-corrected chi connectivity index (χ4v) is 3.49. The van der Waals surface area contributed by atoms with Crippen molar-refractivity contribution < 1.29 is 39.7 Å². The summed E-state index contributed by atoms with van der Waals surface area (Å²) < 4.78 is 16.1. The predicted molar refractivity (Wildman–Crippen MR) is 79.5 cm³/mol. The predicted octanol–water partition coefficient (Wildman–Crippen LogP) is -1.66. The molecule has 0 radical (unpaired) electrons. The molecule has 11 heteroatoms. The van der Waals surface area contributed by atoms with E-state index in [0.29, 0.717) is 0 Å². The van der Waals surface area contributed by atoms with Crippen molar-refractivity contribution >= 4 is 34.8 Å². The summed E-state index contributed by atoms with van der Waals surface area (Å²) in [6, 6.07) is 0. The molecule has 0 unspecified atom stereocenters. The number of alkyl halides is 3.